The Kier molecular flexibility index (Phi) is 23.8. The smallest absolute Gasteiger partial charge is 0.744 e. The Morgan fingerprint density at radius 2 is 1.19 bits per heavy atom. The van der Waals surface area contributed by atoms with E-state index in [4.69, 9.17) is 0 Å². The molecule has 1 aliphatic rings. The first-order valence-electron chi connectivity index (χ1n) is 19.2. The largest absolute Gasteiger partial charge is 1.00 e. The molecule has 300 valence electrons. The fourth-order valence-corrected chi connectivity index (χ4v) is 8.24. The zero-order chi connectivity index (χ0) is 39.7. The molecule has 1 unspecified atom stereocenters. The Bertz CT molecular complexity index is 1950. The van der Waals surface area contributed by atoms with Gasteiger partial charge in [-0.2, -0.15) is 0 Å². The van der Waals surface area contributed by atoms with Gasteiger partial charge in [0.2, 0.25) is 0 Å². The van der Waals surface area contributed by atoms with E-state index < -0.39 is 41.2 Å². The number of hydrogen-bond donors (Lipinski definition) is 2. The summed E-state index contributed by atoms with van der Waals surface area (Å²) in [4.78, 5) is 31.0. The van der Waals surface area contributed by atoms with Crippen LogP contribution in [0.5, 0.6) is 0 Å². The molecule has 0 bridgehead atoms. The fourth-order valence-electron chi connectivity index (χ4n) is 6.26. The van der Waals surface area contributed by atoms with Gasteiger partial charge in [-0.05, 0) is 73.2 Å². The molecule has 1 saturated heterocycles. The number of amidine groups is 1. The van der Waals surface area contributed by atoms with E-state index in [0.29, 0.717) is 17.0 Å². The molecule has 1 aliphatic heterocycles. The SMILES string of the molecule is CCCCCCCCCCCCCCCCCCNC(=O)c1cccc(SC2C(=O)N(c3ccc(S(=O)(=O)[O-])cc3)NC2=Nc2ccc(S(=O)(=O)[O-])cc2)c1.[Na+].[Na+]. The average molecular weight is 859 g/mol. The summed E-state index contributed by atoms with van der Waals surface area (Å²) in [6.07, 6.45) is 20.4. The number of hydrazine groups is 1. The molecule has 12 nitrogen and oxygen atoms in total. The maximum atomic E-state index is 13.8. The molecule has 57 heavy (non-hydrogen) atoms. The van der Waals surface area contributed by atoms with Crippen LogP contribution in [0.1, 0.15) is 120 Å². The van der Waals surface area contributed by atoms with Gasteiger partial charge < -0.3 is 14.4 Å². The Balaban J connectivity index is 0.00000561. The zero-order valence-electron chi connectivity index (χ0n) is 33.4. The van der Waals surface area contributed by atoms with Gasteiger partial charge >= 0.3 is 59.1 Å². The first-order valence-corrected chi connectivity index (χ1v) is 22.9. The van der Waals surface area contributed by atoms with Gasteiger partial charge in [0.25, 0.3) is 11.8 Å². The number of nitrogens with zero attached hydrogens (tertiary/aromatic N) is 2. The van der Waals surface area contributed by atoms with Crippen LogP contribution in [0.4, 0.5) is 11.4 Å². The number of carbonyl (C=O) groups excluding carboxylic acids is 2. The van der Waals surface area contributed by atoms with E-state index in [1.54, 1.807) is 24.3 Å². The Morgan fingerprint density at radius 1 is 0.719 bits per heavy atom. The predicted molar refractivity (Wildman–Crippen MR) is 214 cm³/mol. The molecule has 3 aromatic rings. The first-order chi connectivity index (χ1) is 26.4. The standard InChI is InChI=1S/C40H54N4O8S3.2Na/c1-2-3-4-5-6-7-8-9-10-11-12-13-14-15-16-17-29-41-39(45)31-19-18-20-34(30-31)53-37-38(42-32-21-25-35(26-22-32)54(47,48)49)43-44(40(37)46)33-23-27-36(28-24-33)55(50,51)52;;/h18-28,30,37H,2-17,29H2,1H3,(H,41,45)(H,42,43)(H,47,48,49)(H,50,51,52);;/q;2*+1/p-2. The third-order valence-electron chi connectivity index (χ3n) is 9.34. The minimum atomic E-state index is -4.70. The van der Waals surface area contributed by atoms with Crippen LogP contribution < -0.4 is 74.9 Å². The van der Waals surface area contributed by atoms with Crippen LogP contribution in [0.15, 0.2) is 92.5 Å². The van der Waals surface area contributed by atoms with E-state index in [2.05, 4.69) is 22.7 Å². The third-order valence-corrected chi connectivity index (χ3v) is 12.2. The molecule has 0 saturated carbocycles. The van der Waals surface area contributed by atoms with Gasteiger partial charge in [0.1, 0.15) is 31.3 Å². The van der Waals surface area contributed by atoms with E-state index in [1.807, 2.05) is 0 Å². The summed E-state index contributed by atoms with van der Waals surface area (Å²) in [7, 11) is -9.38. The molecule has 2 N–H and O–H groups in total. The number of hydrogen-bond acceptors (Lipinski definition) is 10. The Morgan fingerprint density at radius 3 is 1.68 bits per heavy atom. The van der Waals surface area contributed by atoms with Crippen molar-refractivity contribution in [1.82, 2.24) is 10.7 Å². The number of benzene rings is 3. The minimum Gasteiger partial charge on any atom is -0.744 e. The van der Waals surface area contributed by atoms with Crippen LogP contribution in [-0.4, -0.2) is 55.4 Å². The van der Waals surface area contributed by atoms with Crippen LogP contribution in [0.25, 0.3) is 0 Å². The van der Waals surface area contributed by atoms with Gasteiger partial charge in [-0.1, -0.05) is 109 Å². The molecule has 17 heteroatoms. The van der Waals surface area contributed by atoms with Gasteiger partial charge in [-0.25, -0.2) is 26.8 Å². The van der Waals surface area contributed by atoms with Crippen molar-refractivity contribution in [2.24, 2.45) is 4.99 Å². The number of anilines is 1. The van der Waals surface area contributed by atoms with Gasteiger partial charge in [0, 0.05) is 17.0 Å². The molecular formula is C40H52N4Na2O8S3. The number of unbranched alkanes of at least 4 members (excludes halogenated alkanes) is 15. The first kappa shape index (κ1) is 51.4. The number of amides is 2. The van der Waals surface area contributed by atoms with E-state index >= 15 is 0 Å². The van der Waals surface area contributed by atoms with Gasteiger partial charge in [-0.15, -0.1) is 11.8 Å². The number of nitrogens with one attached hydrogen (secondary N) is 2. The number of aliphatic imine (C=N–C) groups is 1. The van der Waals surface area contributed by atoms with E-state index in [1.165, 1.54) is 108 Å². The third kappa shape index (κ3) is 17.8. The van der Waals surface area contributed by atoms with Gasteiger partial charge in [0.05, 0.1) is 21.2 Å². The molecule has 0 aliphatic carbocycles. The van der Waals surface area contributed by atoms with E-state index in [0.717, 1.165) is 60.3 Å². The summed E-state index contributed by atoms with van der Waals surface area (Å²) >= 11 is 1.13. The Labute approximate surface area is 387 Å². The summed E-state index contributed by atoms with van der Waals surface area (Å²) < 4.78 is 68.5. The molecule has 4 rings (SSSR count). The molecule has 3 aromatic carbocycles. The van der Waals surface area contributed by atoms with Crippen molar-refractivity contribution in [2.75, 3.05) is 11.6 Å². The number of carbonyl (C=O) groups is 2. The summed E-state index contributed by atoms with van der Waals surface area (Å²) in [6.45, 7) is 2.81. The number of thioether (sulfide) groups is 1. The van der Waals surface area contributed by atoms with Crippen molar-refractivity contribution in [1.29, 1.82) is 0 Å². The predicted octanol–water partition coefficient (Wildman–Crippen LogP) is 2.24. The summed E-state index contributed by atoms with van der Waals surface area (Å²) in [6, 6.07) is 16.5. The van der Waals surface area contributed by atoms with E-state index in [-0.39, 0.29) is 82.2 Å². The molecule has 1 fully saturated rings. The molecule has 1 atom stereocenters. The van der Waals surface area contributed by atoms with E-state index in [9.17, 15) is 35.5 Å². The molecule has 1 heterocycles. The minimum absolute atomic E-state index is 0. The normalized spacial score (nSPS) is 14.9. The molecule has 2 amide bonds. The molecule has 0 spiro atoms. The van der Waals surface area contributed by atoms with Crippen LogP contribution in [0.3, 0.4) is 0 Å². The fraction of sp³-hybridized carbons (Fsp3) is 0.475. The Hall–Kier alpha value is -1.76. The molecule has 0 aromatic heterocycles. The zero-order valence-corrected chi connectivity index (χ0v) is 39.9. The monoisotopic (exact) mass is 858 g/mol. The van der Waals surface area contributed by atoms with Crippen molar-refractivity contribution in [3.05, 3.63) is 78.4 Å². The van der Waals surface area contributed by atoms with Crippen LogP contribution >= 0.6 is 11.8 Å². The second-order valence-corrected chi connectivity index (χ2v) is 17.7. The summed E-state index contributed by atoms with van der Waals surface area (Å²) in [5.41, 5.74) is 3.84. The van der Waals surface area contributed by atoms with Gasteiger partial charge in [-0.3, -0.25) is 15.0 Å². The van der Waals surface area contributed by atoms with Crippen molar-refractivity contribution >= 4 is 61.0 Å². The molecule has 0 radical (unpaired) electrons. The topological polar surface area (TPSA) is 188 Å². The maximum absolute atomic E-state index is 13.8. The van der Waals surface area contributed by atoms with Crippen LogP contribution in [-0.2, 0) is 25.0 Å². The second kappa shape index (κ2) is 26.5. The van der Waals surface area contributed by atoms with Crippen molar-refractivity contribution < 1.29 is 94.6 Å². The maximum Gasteiger partial charge on any atom is 1.00 e. The van der Waals surface area contributed by atoms with Gasteiger partial charge in [0.15, 0.2) is 0 Å². The average Bonchev–Trinajstić information content (AvgIpc) is 3.45. The quantitative estimate of drug-likeness (QED) is 0.0769. The second-order valence-electron chi connectivity index (χ2n) is 13.8. The molecular weight excluding hydrogens is 807 g/mol. The van der Waals surface area contributed by atoms with Crippen LogP contribution in [0.2, 0.25) is 0 Å². The number of rotatable bonds is 24. The summed E-state index contributed by atoms with van der Waals surface area (Å²) in [5, 5.41) is 3.18. The van der Waals surface area contributed by atoms with Crippen molar-refractivity contribution in [2.45, 2.75) is 130 Å². The van der Waals surface area contributed by atoms with Crippen molar-refractivity contribution in [3.63, 3.8) is 0 Å². The summed E-state index contributed by atoms with van der Waals surface area (Å²) in [5.74, 6) is -0.540. The van der Waals surface area contributed by atoms with Crippen LogP contribution in [0, 0.1) is 0 Å². The van der Waals surface area contributed by atoms with Crippen molar-refractivity contribution in [3.8, 4) is 0 Å².